The second kappa shape index (κ2) is 3.10. The molecule has 1 heterocycles. The average Bonchev–Trinajstić information content (AvgIpc) is 2.02. The van der Waals surface area contributed by atoms with Gasteiger partial charge in [-0.15, -0.1) is 0 Å². The van der Waals surface area contributed by atoms with Crippen LogP contribution < -0.4 is 5.32 Å². The molecule has 1 aromatic rings. The Morgan fingerprint density at radius 1 is 1.31 bits per heavy atom. The lowest BCUT2D eigenvalue weighted by atomic mass is 10.0. The largest absolute Gasteiger partial charge is 0.292 e. The minimum Gasteiger partial charge on any atom is -0.292 e. The maximum absolute atomic E-state index is 11.3. The summed E-state index contributed by atoms with van der Waals surface area (Å²) in [5.74, 6) is -0.512. The number of carbonyl (C=O) groups is 2. The molecule has 0 saturated heterocycles. The molecule has 2 rings (SSSR count). The SMILES string of the molecule is O=C1Cc2cc(I)ccc2C(=O)N1. The third-order valence-electron chi connectivity index (χ3n) is 1.92. The molecule has 13 heavy (non-hydrogen) atoms. The predicted molar refractivity (Wildman–Crippen MR) is 55.3 cm³/mol. The fourth-order valence-electron chi connectivity index (χ4n) is 1.34. The zero-order valence-corrected chi connectivity index (χ0v) is 8.79. The molecule has 0 aliphatic carbocycles. The maximum atomic E-state index is 11.3. The van der Waals surface area contributed by atoms with Crippen LogP contribution in [0.25, 0.3) is 0 Å². The molecule has 66 valence electrons. The standard InChI is InChI=1S/C9H6INO2/c10-6-1-2-7-5(3-6)4-8(12)11-9(7)13/h1-3H,4H2,(H,11,12,13). The van der Waals surface area contributed by atoms with Gasteiger partial charge < -0.3 is 0 Å². The van der Waals surface area contributed by atoms with Gasteiger partial charge in [0.2, 0.25) is 5.91 Å². The van der Waals surface area contributed by atoms with Crippen LogP contribution in [0.5, 0.6) is 0 Å². The Hall–Kier alpha value is -0.910. The first-order valence-corrected chi connectivity index (χ1v) is 4.87. The van der Waals surface area contributed by atoms with Gasteiger partial charge in [-0.3, -0.25) is 14.9 Å². The molecule has 3 nitrogen and oxygen atoms in total. The summed E-state index contributed by atoms with van der Waals surface area (Å²) in [5.41, 5.74) is 1.43. The van der Waals surface area contributed by atoms with Gasteiger partial charge in [0.25, 0.3) is 5.91 Å². The summed E-state index contributed by atoms with van der Waals surface area (Å²) in [4.78, 5) is 22.3. The van der Waals surface area contributed by atoms with Crippen LogP contribution in [-0.2, 0) is 11.2 Å². The Balaban J connectivity index is 2.55. The second-order valence-electron chi connectivity index (χ2n) is 2.86. The van der Waals surface area contributed by atoms with Gasteiger partial charge in [0.1, 0.15) is 0 Å². The highest BCUT2D eigenvalue weighted by molar-refractivity contribution is 14.1. The molecule has 4 heteroatoms. The van der Waals surface area contributed by atoms with Crippen molar-refractivity contribution in [2.45, 2.75) is 6.42 Å². The van der Waals surface area contributed by atoms with Crippen molar-refractivity contribution in [1.29, 1.82) is 0 Å². The van der Waals surface area contributed by atoms with E-state index in [1.54, 1.807) is 6.07 Å². The summed E-state index contributed by atoms with van der Waals surface area (Å²) in [6.07, 6.45) is 0.303. The smallest absolute Gasteiger partial charge is 0.258 e. The molecule has 0 atom stereocenters. The highest BCUT2D eigenvalue weighted by Gasteiger charge is 2.21. The molecular weight excluding hydrogens is 281 g/mol. The van der Waals surface area contributed by atoms with E-state index < -0.39 is 0 Å². The summed E-state index contributed by atoms with van der Waals surface area (Å²) in [6, 6.07) is 5.47. The van der Waals surface area contributed by atoms with Crippen LogP contribution in [0.2, 0.25) is 0 Å². The normalized spacial score (nSPS) is 15.2. The minimum absolute atomic E-state index is 0.223. The molecule has 2 amide bonds. The van der Waals surface area contributed by atoms with Gasteiger partial charge in [-0.2, -0.15) is 0 Å². The molecule has 1 aromatic carbocycles. The first-order chi connectivity index (χ1) is 6.16. The molecule has 1 aliphatic heterocycles. The summed E-state index contributed by atoms with van der Waals surface area (Å²) in [5, 5.41) is 2.27. The second-order valence-corrected chi connectivity index (χ2v) is 4.10. The van der Waals surface area contributed by atoms with Crippen molar-refractivity contribution in [3.8, 4) is 0 Å². The van der Waals surface area contributed by atoms with Crippen molar-refractivity contribution in [2.75, 3.05) is 0 Å². The van der Waals surface area contributed by atoms with E-state index in [0.717, 1.165) is 9.13 Å². The van der Waals surface area contributed by atoms with Crippen LogP contribution in [0.15, 0.2) is 18.2 Å². The molecule has 0 fully saturated rings. The zero-order valence-electron chi connectivity index (χ0n) is 6.63. The minimum atomic E-state index is -0.289. The highest BCUT2D eigenvalue weighted by atomic mass is 127. The van der Waals surface area contributed by atoms with E-state index in [4.69, 9.17) is 0 Å². The maximum Gasteiger partial charge on any atom is 0.258 e. The lowest BCUT2D eigenvalue weighted by Gasteiger charge is -2.14. The monoisotopic (exact) mass is 287 g/mol. The van der Waals surface area contributed by atoms with E-state index in [-0.39, 0.29) is 11.8 Å². The van der Waals surface area contributed by atoms with Gasteiger partial charge in [-0.05, 0) is 46.4 Å². The number of rotatable bonds is 0. The van der Waals surface area contributed by atoms with Gasteiger partial charge in [-0.25, -0.2) is 0 Å². The quantitative estimate of drug-likeness (QED) is 0.574. The van der Waals surface area contributed by atoms with E-state index in [2.05, 4.69) is 27.9 Å². The Kier molecular flexibility index (Phi) is 2.07. The van der Waals surface area contributed by atoms with Gasteiger partial charge in [0, 0.05) is 9.13 Å². The number of benzene rings is 1. The molecule has 0 bridgehead atoms. The van der Waals surface area contributed by atoms with Crippen molar-refractivity contribution in [3.05, 3.63) is 32.9 Å². The van der Waals surface area contributed by atoms with Crippen molar-refractivity contribution in [3.63, 3.8) is 0 Å². The van der Waals surface area contributed by atoms with Crippen LogP contribution in [0.4, 0.5) is 0 Å². The number of halogens is 1. The summed E-state index contributed by atoms with van der Waals surface area (Å²) in [6.45, 7) is 0. The molecule has 0 spiro atoms. The fourth-order valence-corrected chi connectivity index (χ4v) is 1.90. The van der Waals surface area contributed by atoms with E-state index in [9.17, 15) is 9.59 Å². The third kappa shape index (κ3) is 1.58. The van der Waals surface area contributed by atoms with Gasteiger partial charge >= 0.3 is 0 Å². The highest BCUT2D eigenvalue weighted by Crippen LogP contribution is 2.17. The predicted octanol–water partition coefficient (Wildman–Crippen LogP) is 1.10. The molecule has 0 radical (unpaired) electrons. The van der Waals surface area contributed by atoms with E-state index >= 15 is 0 Å². The number of hydrogen-bond acceptors (Lipinski definition) is 2. The van der Waals surface area contributed by atoms with E-state index in [1.165, 1.54) is 0 Å². The number of amides is 2. The topological polar surface area (TPSA) is 46.2 Å². The molecular formula is C9H6INO2. The Labute approximate surface area is 88.7 Å². The van der Waals surface area contributed by atoms with Crippen molar-refractivity contribution in [1.82, 2.24) is 5.32 Å². The van der Waals surface area contributed by atoms with Crippen LogP contribution in [0, 0.1) is 3.57 Å². The first kappa shape index (κ1) is 8.68. The number of nitrogens with one attached hydrogen (secondary N) is 1. The number of fused-ring (bicyclic) bond motifs is 1. The lowest BCUT2D eigenvalue weighted by Crippen LogP contribution is -2.37. The Bertz CT molecular complexity index is 401. The molecule has 0 unspecified atom stereocenters. The summed E-state index contributed by atoms with van der Waals surface area (Å²) >= 11 is 2.16. The number of imide groups is 1. The average molecular weight is 287 g/mol. The zero-order chi connectivity index (χ0) is 9.42. The summed E-state index contributed by atoms with van der Waals surface area (Å²) in [7, 11) is 0. The molecule has 1 N–H and O–H groups in total. The van der Waals surface area contributed by atoms with Crippen LogP contribution in [0.3, 0.4) is 0 Å². The van der Waals surface area contributed by atoms with Crippen LogP contribution in [-0.4, -0.2) is 11.8 Å². The Morgan fingerprint density at radius 3 is 2.85 bits per heavy atom. The third-order valence-corrected chi connectivity index (χ3v) is 2.59. The van der Waals surface area contributed by atoms with Gasteiger partial charge in [0.05, 0.1) is 6.42 Å². The lowest BCUT2D eigenvalue weighted by molar-refractivity contribution is -0.119. The van der Waals surface area contributed by atoms with Crippen LogP contribution in [0.1, 0.15) is 15.9 Å². The Morgan fingerprint density at radius 2 is 2.08 bits per heavy atom. The molecule has 0 saturated carbocycles. The van der Waals surface area contributed by atoms with Gasteiger partial charge in [0.15, 0.2) is 0 Å². The van der Waals surface area contributed by atoms with E-state index in [0.29, 0.717) is 12.0 Å². The number of hydrogen-bond donors (Lipinski definition) is 1. The van der Waals surface area contributed by atoms with Crippen LogP contribution >= 0.6 is 22.6 Å². The van der Waals surface area contributed by atoms with Crippen molar-refractivity contribution < 1.29 is 9.59 Å². The molecule has 0 aromatic heterocycles. The summed E-state index contributed by atoms with van der Waals surface area (Å²) < 4.78 is 1.04. The van der Waals surface area contributed by atoms with Gasteiger partial charge in [-0.1, -0.05) is 0 Å². The van der Waals surface area contributed by atoms with Crippen molar-refractivity contribution >= 4 is 34.4 Å². The van der Waals surface area contributed by atoms with E-state index in [1.807, 2.05) is 12.1 Å². The number of carbonyl (C=O) groups excluding carboxylic acids is 2. The van der Waals surface area contributed by atoms with Crippen molar-refractivity contribution in [2.24, 2.45) is 0 Å². The molecule has 1 aliphatic rings. The fraction of sp³-hybridized carbons (Fsp3) is 0.111. The first-order valence-electron chi connectivity index (χ1n) is 3.79.